The molecule has 2 rings (SSSR count). The fourth-order valence-electron chi connectivity index (χ4n) is 0.956. The summed E-state index contributed by atoms with van der Waals surface area (Å²) in [5, 5.41) is 24.4. The molecule has 66 valence electrons. The molecule has 0 radical (unpaired) electrons. The van der Waals surface area contributed by atoms with Crippen molar-refractivity contribution in [3.63, 3.8) is 0 Å². The summed E-state index contributed by atoms with van der Waals surface area (Å²) in [4.78, 5) is 6.98. The van der Waals surface area contributed by atoms with E-state index in [1.807, 2.05) is 0 Å². The first kappa shape index (κ1) is 7.53. The van der Waals surface area contributed by atoms with Crippen molar-refractivity contribution in [3.8, 4) is 23.3 Å². The highest BCUT2D eigenvalue weighted by Gasteiger charge is 2.05. The maximum atomic E-state index is 9.04. The van der Waals surface area contributed by atoms with E-state index in [4.69, 9.17) is 10.2 Å². The van der Waals surface area contributed by atoms with Gasteiger partial charge in [0.25, 0.3) is 0 Å². The zero-order chi connectivity index (χ0) is 9.26. The molecular formula is C7H6N4O2. The number of rotatable bonds is 1. The third-order valence-corrected chi connectivity index (χ3v) is 1.46. The van der Waals surface area contributed by atoms with E-state index in [1.165, 1.54) is 6.07 Å². The molecule has 0 bridgehead atoms. The Kier molecular flexibility index (Phi) is 1.59. The van der Waals surface area contributed by atoms with E-state index < -0.39 is 6.01 Å². The minimum Gasteiger partial charge on any atom is -0.493 e. The van der Waals surface area contributed by atoms with Crippen LogP contribution in [0.15, 0.2) is 18.3 Å². The second-order valence-electron chi connectivity index (χ2n) is 2.37. The SMILES string of the molecule is Oc1cc(-c2cc[nH]n2)nc(O)n1. The summed E-state index contributed by atoms with van der Waals surface area (Å²) in [5.74, 6) is -0.287. The number of aromatic amines is 1. The average molecular weight is 178 g/mol. The molecule has 3 N–H and O–H groups in total. The minimum atomic E-state index is -0.474. The van der Waals surface area contributed by atoms with E-state index >= 15 is 0 Å². The van der Waals surface area contributed by atoms with Crippen molar-refractivity contribution in [2.45, 2.75) is 0 Å². The van der Waals surface area contributed by atoms with E-state index in [0.29, 0.717) is 11.4 Å². The van der Waals surface area contributed by atoms with Gasteiger partial charge in [0.2, 0.25) is 5.88 Å². The van der Waals surface area contributed by atoms with Crippen LogP contribution in [0.1, 0.15) is 0 Å². The zero-order valence-corrected chi connectivity index (χ0v) is 6.47. The molecule has 0 aromatic carbocycles. The normalized spacial score (nSPS) is 10.2. The van der Waals surface area contributed by atoms with Crippen molar-refractivity contribution >= 4 is 0 Å². The van der Waals surface area contributed by atoms with E-state index in [9.17, 15) is 0 Å². The van der Waals surface area contributed by atoms with Crippen LogP contribution in [0.4, 0.5) is 0 Å². The van der Waals surface area contributed by atoms with Crippen LogP contribution in [0.3, 0.4) is 0 Å². The lowest BCUT2D eigenvalue weighted by Gasteiger charge is -1.96. The first-order valence-electron chi connectivity index (χ1n) is 3.53. The maximum Gasteiger partial charge on any atom is 0.317 e. The van der Waals surface area contributed by atoms with Gasteiger partial charge in [0.05, 0.1) is 0 Å². The number of hydrogen-bond donors (Lipinski definition) is 3. The Bertz CT molecular complexity index is 392. The van der Waals surface area contributed by atoms with Gasteiger partial charge in [-0.05, 0) is 6.07 Å². The summed E-state index contributed by atoms with van der Waals surface area (Å²) < 4.78 is 0. The standard InChI is InChI=1S/C7H6N4O2/c12-6-3-5(9-7(13)10-6)4-1-2-8-11-4/h1-3H,(H,8,11)(H2,9,10,12,13). The van der Waals surface area contributed by atoms with Crippen molar-refractivity contribution < 1.29 is 10.2 Å². The minimum absolute atomic E-state index is 0.287. The average Bonchev–Trinajstić information content (AvgIpc) is 2.53. The molecular weight excluding hydrogens is 172 g/mol. The van der Waals surface area contributed by atoms with Gasteiger partial charge in [-0.3, -0.25) is 5.10 Å². The lowest BCUT2D eigenvalue weighted by molar-refractivity contribution is 0.398. The quantitative estimate of drug-likeness (QED) is 0.582. The van der Waals surface area contributed by atoms with E-state index in [-0.39, 0.29) is 5.88 Å². The second kappa shape index (κ2) is 2.74. The summed E-state index contributed by atoms with van der Waals surface area (Å²) in [6.45, 7) is 0. The molecule has 0 unspecified atom stereocenters. The van der Waals surface area contributed by atoms with Crippen LogP contribution >= 0.6 is 0 Å². The lowest BCUT2D eigenvalue weighted by atomic mass is 10.3. The fraction of sp³-hybridized carbons (Fsp3) is 0. The molecule has 0 spiro atoms. The third kappa shape index (κ3) is 1.41. The van der Waals surface area contributed by atoms with E-state index in [2.05, 4.69) is 20.2 Å². The molecule has 0 saturated heterocycles. The lowest BCUT2D eigenvalue weighted by Crippen LogP contribution is -1.87. The van der Waals surface area contributed by atoms with Crippen LogP contribution in [-0.4, -0.2) is 30.4 Å². The van der Waals surface area contributed by atoms with Crippen molar-refractivity contribution in [1.82, 2.24) is 20.2 Å². The molecule has 0 amide bonds. The van der Waals surface area contributed by atoms with Gasteiger partial charge in [0.1, 0.15) is 11.4 Å². The summed E-state index contributed by atoms with van der Waals surface area (Å²) in [6.07, 6.45) is 1.62. The van der Waals surface area contributed by atoms with Gasteiger partial charge in [-0.25, -0.2) is 0 Å². The number of hydrogen-bond acceptors (Lipinski definition) is 5. The summed E-state index contributed by atoms with van der Waals surface area (Å²) in [6, 6.07) is 2.51. The van der Waals surface area contributed by atoms with Crippen molar-refractivity contribution in [2.75, 3.05) is 0 Å². The predicted octanol–water partition coefficient (Wildman–Crippen LogP) is 0.278. The largest absolute Gasteiger partial charge is 0.493 e. The molecule has 13 heavy (non-hydrogen) atoms. The molecule has 0 aliphatic carbocycles. The fourth-order valence-corrected chi connectivity index (χ4v) is 0.956. The number of nitrogens with one attached hydrogen (secondary N) is 1. The van der Waals surface area contributed by atoms with Crippen molar-refractivity contribution in [3.05, 3.63) is 18.3 Å². The Labute approximate surface area is 72.9 Å². The van der Waals surface area contributed by atoms with Crippen LogP contribution in [-0.2, 0) is 0 Å². The Morgan fingerprint density at radius 2 is 2.00 bits per heavy atom. The highest BCUT2D eigenvalue weighted by Crippen LogP contribution is 2.19. The first-order valence-corrected chi connectivity index (χ1v) is 3.53. The van der Waals surface area contributed by atoms with Gasteiger partial charge in [0.15, 0.2) is 0 Å². The molecule has 0 aliphatic rings. The highest BCUT2D eigenvalue weighted by molar-refractivity contribution is 5.54. The molecule has 2 aromatic heterocycles. The molecule has 0 atom stereocenters. The molecule has 6 nitrogen and oxygen atoms in total. The molecule has 0 fully saturated rings. The van der Waals surface area contributed by atoms with E-state index in [1.54, 1.807) is 12.3 Å². The van der Waals surface area contributed by atoms with Crippen LogP contribution < -0.4 is 0 Å². The smallest absolute Gasteiger partial charge is 0.317 e. The van der Waals surface area contributed by atoms with Crippen LogP contribution in [0.5, 0.6) is 11.9 Å². The van der Waals surface area contributed by atoms with Crippen LogP contribution in [0.2, 0.25) is 0 Å². The third-order valence-electron chi connectivity index (χ3n) is 1.46. The van der Waals surface area contributed by atoms with Crippen LogP contribution in [0.25, 0.3) is 11.4 Å². The predicted molar refractivity (Wildman–Crippen MR) is 42.9 cm³/mol. The monoisotopic (exact) mass is 178 g/mol. The Morgan fingerprint density at radius 1 is 1.15 bits per heavy atom. The van der Waals surface area contributed by atoms with Crippen molar-refractivity contribution in [1.29, 1.82) is 0 Å². The van der Waals surface area contributed by atoms with Crippen LogP contribution in [0, 0.1) is 0 Å². The number of H-pyrrole nitrogens is 1. The second-order valence-corrected chi connectivity index (χ2v) is 2.37. The van der Waals surface area contributed by atoms with E-state index in [0.717, 1.165) is 0 Å². The molecule has 2 aromatic rings. The Balaban J connectivity index is 2.53. The summed E-state index contributed by atoms with van der Waals surface area (Å²) in [5.41, 5.74) is 0.902. The number of aromatic nitrogens is 4. The summed E-state index contributed by atoms with van der Waals surface area (Å²) >= 11 is 0. The topological polar surface area (TPSA) is 94.9 Å². The summed E-state index contributed by atoms with van der Waals surface area (Å²) in [7, 11) is 0. The Hall–Kier alpha value is -2.11. The molecule has 6 heteroatoms. The zero-order valence-electron chi connectivity index (χ0n) is 6.47. The van der Waals surface area contributed by atoms with Crippen molar-refractivity contribution in [2.24, 2.45) is 0 Å². The maximum absolute atomic E-state index is 9.04. The van der Waals surface area contributed by atoms with Gasteiger partial charge in [-0.2, -0.15) is 15.1 Å². The van der Waals surface area contributed by atoms with Gasteiger partial charge >= 0.3 is 6.01 Å². The highest BCUT2D eigenvalue weighted by atomic mass is 16.3. The van der Waals surface area contributed by atoms with Gasteiger partial charge < -0.3 is 10.2 Å². The van der Waals surface area contributed by atoms with Gasteiger partial charge in [-0.15, -0.1) is 0 Å². The number of nitrogens with zero attached hydrogens (tertiary/aromatic N) is 3. The Morgan fingerprint density at radius 3 is 2.62 bits per heavy atom. The number of aromatic hydroxyl groups is 2. The van der Waals surface area contributed by atoms with Gasteiger partial charge in [-0.1, -0.05) is 0 Å². The molecule has 0 aliphatic heterocycles. The molecule has 2 heterocycles. The first-order chi connectivity index (χ1) is 6.25. The van der Waals surface area contributed by atoms with Gasteiger partial charge in [0, 0.05) is 12.3 Å². The molecule has 0 saturated carbocycles.